The summed E-state index contributed by atoms with van der Waals surface area (Å²) in [4.78, 5) is 14.2. The Bertz CT molecular complexity index is 730. The topological polar surface area (TPSA) is 65.4 Å². The van der Waals surface area contributed by atoms with Crippen molar-refractivity contribution >= 4 is 11.5 Å². The molecule has 1 fully saturated rings. The quantitative estimate of drug-likeness (QED) is 0.787. The van der Waals surface area contributed by atoms with E-state index in [1.165, 1.54) is 30.4 Å². The number of nitriles is 1. The molecule has 0 saturated heterocycles. The van der Waals surface area contributed by atoms with Gasteiger partial charge in [-0.25, -0.2) is 0 Å². The van der Waals surface area contributed by atoms with E-state index in [2.05, 4.69) is 28.4 Å². The smallest absolute Gasteiger partial charge is 0.246 e. The molecule has 3 rings (SSSR count). The first-order chi connectivity index (χ1) is 13.7. The van der Waals surface area contributed by atoms with E-state index in [4.69, 9.17) is 10.00 Å². The number of nitrogens with one attached hydrogen (secondary N) is 1. The third kappa shape index (κ3) is 5.92. The maximum absolute atomic E-state index is 11.6. The number of methoxy groups -OCH3 is 1. The standard InChI is InChI=1S/C23H31N3O2/c1-28-17-23(27)25-22-7-5-18(6-8-22)9-12-26-13-10-20(11-14-26)21-4-2-3-19(15-21)16-24/h2-4,10,15,18,22H,5-9,11-14,17H2,1H3,(H,25,27)/t18-,22-. The minimum Gasteiger partial charge on any atom is -0.375 e. The number of benzene rings is 1. The Morgan fingerprint density at radius 1 is 1.32 bits per heavy atom. The van der Waals surface area contributed by atoms with Gasteiger partial charge in [0, 0.05) is 26.2 Å². The predicted molar refractivity (Wildman–Crippen MR) is 111 cm³/mol. The van der Waals surface area contributed by atoms with E-state index >= 15 is 0 Å². The van der Waals surface area contributed by atoms with Crippen molar-refractivity contribution < 1.29 is 9.53 Å². The molecule has 1 aliphatic heterocycles. The van der Waals surface area contributed by atoms with Crippen LogP contribution in [0, 0.1) is 17.2 Å². The Kier molecular flexibility index (Phi) is 7.64. The van der Waals surface area contributed by atoms with Crippen molar-refractivity contribution in [3.63, 3.8) is 0 Å². The predicted octanol–water partition coefficient (Wildman–Crippen LogP) is 3.36. The zero-order chi connectivity index (χ0) is 19.8. The molecule has 150 valence electrons. The van der Waals surface area contributed by atoms with Crippen LogP contribution in [-0.2, 0) is 9.53 Å². The van der Waals surface area contributed by atoms with Gasteiger partial charge >= 0.3 is 0 Å². The lowest BCUT2D eigenvalue weighted by Crippen LogP contribution is -2.39. The fourth-order valence-electron chi connectivity index (χ4n) is 4.33. The summed E-state index contributed by atoms with van der Waals surface area (Å²) >= 11 is 0. The van der Waals surface area contributed by atoms with Gasteiger partial charge in [0.25, 0.3) is 0 Å². The first-order valence-electron chi connectivity index (χ1n) is 10.4. The van der Waals surface area contributed by atoms with Gasteiger partial charge in [-0.05, 0) is 74.3 Å². The van der Waals surface area contributed by atoms with Gasteiger partial charge in [-0.2, -0.15) is 5.26 Å². The van der Waals surface area contributed by atoms with Crippen LogP contribution in [0.1, 0.15) is 49.7 Å². The van der Waals surface area contributed by atoms with Crippen LogP contribution in [0.25, 0.3) is 5.57 Å². The second-order valence-corrected chi connectivity index (χ2v) is 7.98. The van der Waals surface area contributed by atoms with Crippen molar-refractivity contribution in [2.45, 2.75) is 44.6 Å². The highest BCUT2D eigenvalue weighted by molar-refractivity contribution is 5.77. The molecule has 0 radical (unpaired) electrons. The highest BCUT2D eigenvalue weighted by atomic mass is 16.5. The molecule has 0 atom stereocenters. The first kappa shape index (κ1) is 20.6. The van der Waals surface area contributed by atoms with Crippen LogP contribution < -0.4 is 5.32 Å². The second kappa shape index (κ2) is 10.4. The van der Waals surface area contributed by atoms with Crippen LogP contribution in [0.3, 0.4) is 0 Å². The zero-order valence-corrected chi connectivity index (χ0v) is 16.8. The minimum atomic E-state index is 0.00200. The molecular formula is C23H31N3O2. The van der Waals surface area contributed by atoms with Gasteiger partial charge in [0.1, 0.15) is 6.61 Å². The monoisotopic (exact) mass is 381 g/mol. The van der Waals surface area contributed by atoms with E-state index in [0.29, 0.717) is 6.04 Å². The van der Waals surface area contributed by atoms with Crippen LogP contribution in [-0.4, -0.2) is 50.2 Å². The molecule has 1 aromatic carbocycles. The lowest BCUT2D eigenvalue weighted by Gasteiger charge is -2.32. The van der Waals surface area contributed by atoms with Gasteiger partial charge in [0.05, 0.1) is 11.6 Å². The highest BCUT2D eigenvalue weighted by Crippen LogP contribution is 2.28. The summed E-state index contributed by atoms with van der Waals surface area (Å²) < 4.78 is 4.88. The van der Waals surface area contributed by atoms with Crippen LogP contribution in [0.2, 0.25) is 0 Å². The summed E-state index contributed by atoms with van der Waals surface area (Å²) in [6, 6.07) is 10.5. The number of carbonyl (C=O) groups excluding carboxylic acids is 1. The number of nitrogens with zero attached hydrogens (tertiary/aromatic N) is 2. The molecule has 1 heterocycles. The Morgan fingerprint density at radius 2 is 2.14 bits per heavy atom. The van der Waals surface area contributed by atoms with Gasteiger partial charge in [-0.3, -0.25) is 9.69 Å². The fourth-order valence-corrected chi connectivity index (χ4v) is 4.33. The van der Waals surface area contributed by atoms with Crippen LogP contribution in [0.4, 0.5) is 0 Å². The van der Waals surface area contributed by atoms with Crippen molar-refractivity contribution in [1.29, 1.82) is 5.26 Å². The summed E-state index contributed by atoms with van der Waals surface area (Å²) in [6.07, 6.45) is 9.18. The summed E-state index contributed by atoms with van der Waals surface area (Å²) in [6.45, 7) is 3.39. The number of carbonyl (C=O) groups is 1. The third-order valence-electron chi connectivity index (χ3n) is 6.00. The number of amides is 1. The lowest BCUT2D eigenvalue weighted by molar-refractivity contribution is -0.125. The molecular weight excluding hydrogens is 350 g/mol. The zero-order valence-electron chi connectivity index (χ0n) is 16.8. The normalized spacial score (nSPS) is 22.9. The average Bonchev–Trinajstić information content (AvgIpc) is 2.74. The van der Waals surface area contributed by atoms with Crippen molar-refractivity contribution in [2.75, 3.05) is 33.4 Å². The number of ether oxygens (including phenoxy) is 1. The third-order valence-corrected chi connectivity index (χ3v) is 6.00. The van der Waals surface area contributed by atoms with E-state index in [0.717, 1.165) is 50.4 Å². The minimum absolute atomic E-state index is 0.00200. The summed E-state index contributed by atoms with van der Waals surface area (Å²) in [7, 11) is 1.55. The van der Waals surface area contributed by atoms with Crippen molar-refractivity contribution in [3.8, 4) is 6.07 Å². The molecule has 5 heteroatoms. The second-order valence-electron chi connectivity index (χ2n) is 7.98. The molecule has 2 aliphatic rings. The van der Waals surface area contributed by atoms with Crippen molar-refractivity contribution in [3.05, 3.63) is 41.5 Å². The molecule has 0 unspecified atom stereocenters. The van der Waals surface area contributed by atoms with Crippen LogP contribution >= 0.6 is 0 Å². The van der Waals surface area contributed by atoms with E-state index < -0.39 is 0 Å². The van der Waals surface area contributed by atoms with E-state index in [9.17, 15) is 4.79 Å². The maximum atomic E-state index is 11.6. The van der Waals surface area contributed by atoms with Gasteiger partial charge in [0.15, 0.2) is 0 Å². The van der Waals surface area contributed by atoms with Crippen molar-refractivity contribution in [2.24, 2.45) is 5.92 Å². The fraction of sp³-hybridized carbons (Fsp3) is 0.565. The molecule has 1 amide bonds. The Morgan fingerprint density at radius 3 is 2.82 bits per heavy atom. The van der Waals surface area contributed by atoms with E-state index in [-0.39, 0.29) is 12.5 Å². The average molecular weight is 382 g/mol. The molecule has 28 heavy (non-hydrogen) atoms. The van der Waals surface area contributed by atoms with Gasteiger partial charge in [-0.1, -0.05) is 18.2 Å². The molecule has 5 nitrogen and oxygen atoms in total. The molecule has 0 aromatic heterocycles. The first-order valence-corrected chi connectivity index (χ1v) is 10.4. The molecule has 0 spiro atoms. The van der Waals surface area contributed by atoms with Crippen LogP contribution in [0.5, 0.6) is 0 Å². The summed E-state index contributed by atoms with van der Waals surface area (Å²) in [5.41, 5.74) is 3.28. The van der Waals surface area contributed by atoms with Gasteiger partial charge in [-0.15, -0.1) is 0 Å². The van der Waals surface area contributed by atoms with E-state index in [1.54, 1.807) is 7.11 Å². The summed E-state index contributed by atoms with van der Waals surface area (Å²) in [5.74, 6) is 0.774. The molecule has 1 aromatic rings. The molecule has 1 aliphatic carbocycles. The largest absolute Gasteiger partial charge is 0.375 e. The maximum Gasteiger partial charge on any atom is 0.246 e. The number of rotatable bonds is 7. The molecule has 1 N–H and O–H groups in total. The van der Waals surface area contributed by atoms with Crippen molar-refractivity contribution in [1.82, 2.24) is 10.2 Å². The molecule has 1 saturated carbocycles. The number of hydrogen-bond donors (Lipinski definition) is 1. The SMILES string of the molecule is COCC(=O)N[C@H]1CC[C@H](CCN2CC=C(c3cccc(C#N)c3)CC2)CC1. The van der Waals surface area contributed by atoms with E-state index in [1.807, 2.05) is 18.2 Å². The van der Waals surface area contributed by atoms with Gasteiger partial charge in [0.2, 0.25) is 5.91 Å². The van der Waals surface area contributed by atoms with Gasteiger partial charge < -0.3 is 10.1 Å². The van der Waals surface area contributed by atoms with Crippen LogP contribution in [0.15, 0.2) is 30.3 Å². The lowest BCUT2D eigenvalue weighted by atomic mass is 9.84. The Hall–Kier alpha value is -2.16. The number of hydrogen-bond acceptors (Lipinski definition) is 4. The Labute approximate surface area is 168 Å². The Balaban J connectivity index is 1.38. The molecule has 0 bridgehead atoms. The highest BCUT2D eigenvalue weighted by Gasteiger charge is 2.23. The summed E-state index contributed by atoms with van der Waals surface area (Å²) in [5, 5.41) is 12.1.